The van der Waals surface area contributed by atoms with Gasteiger partial charge in [0.1, 0.15) is 5.82 Å². The molecule has 8 nitrogen and oxygen atoms in total. The summed E-state index contributed by atoms with van der Waals surface area (Å²) in [6, 6.07) is 10.1. The van der Waals surface area contributed by atoms with Crippen molar-refractivity contribution in [3.8, 4) is 0 Å². The summed E-state index contributed by atoms with van der Waals surface area (Å²) < 4.78 is 5.46. The molecule has 2 aliphatic heterocycles. The second-order valence-electron chi connectivity index (χ2n) is 8.17. The number of aromatic nitrogens is 3. The molecule has 162 valence electrons. The predicted molar refractivity (Wildman–Crippen MR) is 121 cm³/mol. The summed E-state index contributed by atoms with van der Waals surface area (Å²) in [6.07, 6.45) is 2.37. The molecule has 31 heavy (non-hydrogen) atoms. The van der Waals surface area contributed by atoms with Gasteiger partial charge in [-0.25, -0.2) is 4.98 Å². The second kappa shape index (κ2) is 8.55. The number of benzene rings is 1. The molecule has 8 heteroatoms. The molecule has 0 saturated carbocycles. The molecule has 1 N–H and O–H groups in total. The Labute approximate surface area is 181 Å². The number of carbonyl (C=O) groups is 1. The number of amides is 1. The van der Waals surface area contributed by atoms with E-state index < -0.39 is 0 Å². The van der Waals surface area contributed by atoms with E-state index in [2.05, 4.69) is 25.8 Å². The molecule has 2 aromatic heterocycles. The number of nitrogens with zero attached hydrogens (tertiary/aromatic N) is 5. The van der Waals surface area contributed by atoms with Crippen LogP contribution in [-0.2, 0) is 16.0 Å². The standard InChI is InChI=1S/C23H28N6O2/c1-17-14-21(27-10-12-31-13-11-27)26-23(25-17)29-8-6-28(7-9-29)22(30)15-18-16-24-20-5-3-2-4-19(18)20/h2-5,14,16,24H,6-13,15H2,1H3. The SMILES string of the molecule is Cc1cc(N2CCOCC2)nc(N2CCN(C(=O)Cc3c[nH]c4ccccc34)CC2)n1. The number of piperazine rings is 1. The molecule has 0 bridgehead atoms. The van der Waals surface area contributed by atoms with Crippen LogP contribution in [0.1, 0.15) is 11.3 Å². The van der Waals surface area contributed by atoms with Crippen molar-refractivity contribution in [2.24, 2.45) is 0 Å². The van der Waals surface area contributed by atoms with Gasteiger partial charge in [0.05, 0.1) is 19.6 Å². The van der Waals surface area contributed by atoms with E-state index in [0.29, 0.717) is 19.5 Å². The van der Waals surface area contributed by atoms with Crippen molar-refractivity contribution in [2.75, 3.05) is 62.3 Å². The number of carbonyl (C=O) groups excluding carboxylic acids is 1. The minimum absolute atomic E-state index is 0.170. The smallest absolute Gasteiger partial charge is 0.227 e. The fraction of sp³-hybridized carbons (Fsp3) is 0.435. The van der Waals surface area contributed by atoms with Crippen LogP contribution in [0.25, 0.3) is 10.9 Å². The number of rotatable bonds is 4. The average molecular weight is 421 g/mol. The number of H-pyrrole nitrogens is 1. The monoisotopic (exact) mass is 420 g/mol. The van der Waals surface area contributed by atoms with Gasteiger partial charge in [-0.05, 0) is 18.6 Å². The van der Waals surface area contributed by atoms with Crippen LogP contribution in [0.3, 0.4) is 0 Å². The number of ether oxygens (including phenoxy) is 1. The summed E-state index contributed by atoms with van der Waals surface area (Å²) in [5.74, 6) is 1.89. The fourth-order valence-electron chi connectivity index (χ4n) is 4.34. The first-order valence-electron chi connectivity index (χ1n) is 10.9. The van der Waals surface area contributed by atoms with Crippen LogP contribution in [0, 0.1) is 6.92 Å². The van der Waals surface area contributed by atoms with Gasteiger partial charge in [-0.15, -0.1) is 0 Å². The molecular formula is C23H28N6O2. The summed E-state index contributed by atoms with van der Waals surface area (Å²) >= 11 is 0. The Kier molecular flexibility index (Phi) is 5.46. The van der Waals surface area contributed by atoms with Crippen molar-refractivity contribution in [1.82, 2.24) is 19.9 Å². The highest BCUT2D eigenvalue weighted by molar-refractivity contribution is 5.89. The zero-order valence-corrected chi connectivity index (χ0v) is 17.9. The lowest BCUT2D eigenvalue weighted by atomic mass is 10.1. The van der Waals surface area contributed by atoms with Gasteiger partial charge in [-0.2, -0.15) is 4.98 Å². The number of aromatic amines is 1. The number of nitrogens with one attached hydrogen (secondary N) is 1. The number of aryl methyl sites for hydroxylation is 1. The number of fused-ring (bicyclic) bond motifs is 1. The number of para-hydroxylation sites is 1. The largest absolute Gasteiger partial charge is 0.378 e. The minimum Gasteiger partial charge on any atom is -0.378 e. The topological polar surface area (TPSA) is 77.6 Å². The maximum Gasteiger partial charge on any atom is 0.227 e. The third kappa shape index (κ3) is 4.20. The third-order valence-corrected chi connectivity index (χ3v) is 6.10. The molecule has 4 heterocycles. The quantitative estimate of drug-likeness (QED) is 0.696. The van der Waals surface area contributed by atoms with E-state index in [1.165, 1.54) is 0 Å². The maximum absolute atomic E-state index is 12.9. The van der Waals surface area contributed by atoms with Gasteiger partial charge in [0.2, 0.25) is 11.9 Å². The summed E-state index contributed by atoms with van der Waals surface area (Å²) in [6.45, 7) is 8.04. The number of morpholine rings is 1. The molecule has 2 fully saturated rings. The fourth-order valence-corrected chi connectivity index (χ4v) is 4.34. The van der Waals surface area contributed by atoms with Gasteiger partial charge in [-0.1, -0.05) is 18.2 Å². The van der Waals surface area contributed by atoms with Crippen LogP contribution in [0.5, 0.6) is 0 Å². The van der Waals surface area contributed by atoms with E-state index in [0.717, 1.165) is 73.3 Å². The van der Waals surface area contributed by atoms with Crippen LogP contribution in [0.2, 0.25) is 0 Å². The molecule has 0 atom stereocenters. The first kappa shape index (κ1) is 19.8. The highest BCUT2D eigenvalue weighted by Gasteiger charge is 2.24. The van der Waals surface area contributed by atoms with Gasteiger partial charge in [0.15, 0.2) is 0 Å². The molecule has 0 radical (unpaired) electrons. The lowest BCUT2D eigenvalue weighted by Crippen LogP contribution is -2.49. The molecule has 5 rings (SSSR count). The van der Waals surface area contributed by atoms with Crippen molar-refractivity contribution in [1.29, 1.82) is 0 Å². The summed E-state index contributed by atoms with van der Waals surface area (Å²) in [4.78, 5) is 32.1. The lowest BCUT2D eigenvalue weighted by molar-refractivity contribution is -0.130. The first-order valence-corrected chi connectivity index (χ1v) is 10.9. The molecule has 1 amide bonds. The Bertz CT molecular complexity index is 1070. The Morgan fingerprint density at radius 2 is 1.81 bits per heavy atom. The van der Waals surface area contributed by atoms with E-state index in [-0.39, 0.29) is 5.91 Å². The van der Waals surface area contributed by atoms with Crippen molar-refractivity contribution in [3.63, 3.8) is 0 Å². The normalized spacial score (nSPS) is 17.4. The Hall–Kier alpha value is -3.13. The van der Waals surface area contributed by atoms with Crippen LogP contribution in [0.4, 0.5) is 11.8 Å². The van der Waals surface area contributed by atoms with Crippen LogP contribution >= 0.6 is 0 Å². The Balaban J connectivity index is 1.23. The zero-order chi connectivity index (χ0) is 21.2. The first-order chi connectivity index (χ1) is 15.2. The van der Waals surface area contributed by atoms with Gasteiger partial charge >= 0.3 is 0 Å². The molecule has 2 saturated heterocycles. The minimum atomic E-state index is 0.170. The van der Waals surface area contributed by atoms with Crippen molar-refractivity contribution in [3.05, 3.63) is 47.8 Å². The summed E-state index contributed by atoms with van der Waals surface area (Å²) in [7, 11) is 0. The highest BCUT2D eigenvalue weighted by Crippen LogP contribution is 2.21. The van der Waals surface area contributed by atoms with E-state index in [9.17, 15) is 4.79 Å². The van der Waals surface area contributed by atoms with E-state index in [1.54, 1.807) is 0 Å². The number of hydrogen-bond acceptors (Lipinski definition) is 6. The molecule has 0 unspecified atom stereocenters. The van der Waals surface area contributed by atoms with Gasteiger partial charge in [0.25, 0.3) is 0 Å². The Morgan fingerprint density at radius 1 is 1.03 bits per heavy atom. The molecule has 2 aliphatic rings. The third-order valence-electron chi connectivity index (χ3n) is 6.10. The molecular weight excluding hydrogens is 392 g/mol. The van der Waals surface area contributed by atoms with Crippen molar-refractivity contribution >= 4 is 28.6 Å². The molecule has 1 aromatic carbocycles. The Morgan fingerprint density at radius 3 is 2.61 bits per heavy atom. The van der Waals surface area contributed by atoms with E-state index in [1.807, 2.05) is 42.3 Å². The van der Waals surface area contributed by atoms with E-state index in [4.69, 9.17) is 9.72 Å². The van der Waals surface area contributed by atoms with Gasteiger partial charge < -0.3 is 24.4 Å². The van der Waals surface area contributed by atoms with Crippen molar-refractivity contribution in [2.45, 2.75) is 13.3 Å². The summed E-state index contributed by atoms with van der Waals surface area (Å²) in [5, 5.41) is 1.12. The van der Waals surface area contributed by atoms with Crippen LogP contribution in [-0.4, -0.2) is 78.2 Å². The molecule has 0 aliphatic carbocycles. The van der Waals surface area contributed by atoms with Gasteiger partial charge in [0, 0.05) is 68.1 Å². The number of anilines is 2. The van der Waals surface area contributed by atoms with Gasteiger partial charge in [-0.3, -0.25) is 4.79 Å². The maximum atomic E-state index is 12.9. The average Bonchev–Trinajstić information content (AvgIpc) is 3.22. The highest BCUT2D eigenvalue weighted by atomic mass is 16.5. The van der Waals surface area contributed by atoms with Crippen LogP contribution < -0.4 is 9.80 Å². The molecule has 0 spiro atoms. The second-order valence-corrected chi connectivity index (χ2v) is 8.17. The van der Waals surface area contributed by atoms with E-state index >= 15 is 0 Å². The number of hydrogen-bond donors (Lipinski definition) is 1. The predicted octanol–water partition coefficient (Wildman–Crippen LogP) is 1.99. The summed E-state index contributed by atoms with van der Waals surface area (Å²) in [5.41, 5.74) is 3.09. The zero-order valence-electron chi connectivity index (χ0n) is 17.9. The van der Waals surface area contributed by atoms with Crippen LogP contribution in [0.15, 0.2) is 36.5 Å². The van der Waals surface area contributed by atoms with Crippen molar-refractivity contribution < 1.29 is 9.53 Å². The lowest BCUT2D eigenvalue weighted by Gasteiger charge is -2.35. The molecule has 3 aromatic rings.